The predicted octanol–water partition coefficient (Wildman–Crippen LogP) is -4.25. The van der Waals surface area contributed by atoms with Gasteiger partial charge in [0, 0.05) is 31.3 Å². The molecule has 32 nitrogen and oxygen atoms in total. The first kappa shape index (κ1) is 73.7. The molecule has 0 radical (unpaired) electrons. The first-order chi connectivity index (χ1) is 42.9. The van der Waals surface area contributed by atoms with E-state index in [0.29, 0.717) is 29.7 Å². The van der Waals surface area contributed by atoms with E-state index in [-0.39, 0.29) is 56.1 Å². The molecule has 1 aromatic heterocycles. The maximum absolute atomic E-state index is 14.4. The minimum Gasteiger partial charge on any atom is -0.508 e. The third-order valence-electron chi connectivity index (χ3n) is 14.8. The molecule has 91 heavy (non-hydrogen) atoms. The highest BCUT2D eigenvalue weighted by Gasteiger charge is 2.42. The third kappa shape index (κ3) is 24.0. The highest BCUT2D eigenvalue weighted by Crippen LogP contribution is 2.22. The van der Waals surface area contributed by atoms with Crippen molar-refractivity contribution in [2.24, 2.45) is 23.3 Å². The van der Waals surface area contributed by atoms with Gasteiger partial charge in [-0.3, -0.25) is 57.5 Å². The average Bonchev–Trinajstić information content (AvgIpc) is 2.09. The number of carboxylic acid groups (broad SMARTS) is 1. The summed E-state index contributed by atoms with van der Waals surface area (Å²) in [6.07, 6.45) is 0.961. The minimum absolute atomic E-state index is 0.00428. The number of phenolic OH excluding ortho intramolecular Hbond substituents is 2. The van der Waals surface area contributed by atoms with Gasteiger partial charge in [0.05, 0.1) is 38.0 Å². The Kier molecular flexibility index (Phi) is 28.7. The van der Waals surface area contributed by atoms with Crippen LogP contribution in [0.15, 0.2) is 61.1 Å². The molecule has 1 fully saturated rings. The van der Waals surface area contributed by atoms with Gasteiger partial charge in [0.2, 0.25) is 70.9 Å². The number of aliphatic carboxylic acids is 1. The van der Waals surface area contributed by atoms with Crippen LogP contribution < -0.4 is 64.6 Å². The molecule has 0 unspecified atom stereocenters. The number of aromatic hydroxyl groups is 2. The number of amides is 12. The number of aliphatic hydroxyl groups is 1. The number of aliphatic hydroxyl groups excluding tert-OH is 1. The van der Waals surface area contributed by atoms with Crippen molar-refractivity contribution in [1.82, 2.24) is 68.0 Å². The molecule has 12 amide bonds. The topological polar surface area (TPSA) is 507 Å². The molecule has 0 aliphatic carbocycles. The number of nitrogens with one attached hydrogen (secondary N) is 11. The zero-order valence-corrected chi connectivity index (χ0v) is 51.7. The Labute approximate surface area is 524 Å². The van der Waals surface area contributed by atoms with E-state index in [1.54, 1.807) is 39.8 Å². The van der Waals surface area contributed by atoms with Gasteiger partial charge in [0.15, 0.2) is 0 Å². The van der Waals surface area contributed by atoms with E-state index in [4.69, 9.17) is 11.5 Å². The van der Waals surface area contributed by atoms with Crippen LogP contribution in [0.2, 0.25) is 0 Å². The van der Waals surface area contributed by atoms with E-state index in [9.17, 15) is 82.8 Å². The van der Waals surface area contributed by atoms with Crippen LogP contribution in [0.25, 0.3) is 0 Å². The number of carbonyl (C=O) groups excluding carboxylic acids is 12. The summed E-state index contributed by atoms with van der Waals surface area (Å²) < 4.78 is 0. The number of primary amides is 1. The summed E-state index contributed by atoms with van der Waals surface area (Å²) in [6.45, 7) is 9.44. The Balaban J connectivity index is 1.45. The summed E-state index contributed by atoms with van der Waals surface area (Å²) in [7, 11) is 0. The van der Waals surface area contributed by atoms with Gasteiger partial charge in [-0.1, -0.05) is 58.4 Å². The molecule has 0 saturated carbocycles. The lowest BCUT2D eigenvalue weighted by molar-refractivity contribution is -0.145. The second-order valence-electron chi connectivity index (χ2n) is 22.8. The van der Waals surface area contributed by atoms with Crippen molar-refractivity contribution < 1.29 is 82.8 Å². The summed E-state index contributed by atoms with van der Waals surface area (Å²) >= 11 is 0. The van der Waals surface area contributed by atoms with E-state index in [1.165, 1.54) is 74.6 Å². The number of H-pyrrole nitrogens is 1. The van der Waals surface area contributed by atoms with Crippen LogP contribution in [0.1, 0.15) is 97.4 Å². The van der Waals surface area contributed by atoms with E-state index < -0.39 is 169 Å². The summed E-state index contributed by atoms with van der Waals surface area (Å²) in [6, 6.07) is -1.97. The van der Waals surface area contributed by atoms with Crippen molar-refractivity contribution in [2.45, 2.75) is 166 Å². The molecule has 0 spiro atoms. The standard InChI is InChI=1S/C59H85N15O17/c1-8-30(4)48(72-52(83)39(60)21-34-11-15-37(76)16-12-34)57(88)73-49(33(7)75)58(89)74-19-9-10-44(74)56(87)71-41(22-35-13-17-38(77)18-14-35)54(85)67-32(6)51(82)69-42(23-36-25-62-28-65-36)55(86)70-40(20-29(2)3)53(84)66-31(5)50(81)64-26-46(79)63-27-47(80)68-43(59(90)91)24-45(61)78/h11-18,25,28-33,39-44,48-49,75-77H,8-10,19-24,26-27,60H2,1-7H3,(H2,61,78)(H,62,65)(H,63,79)(H,64,81)(H,66,84)(H,67,85)(H,68,80)(H,69,82)(H,70,86)(H,71,87)(H,72,83)(H,73,88)(H,90,91)/t30-,31-,32-,33+,39-,40-,41-,42-,43-,44-,48-,49-/m0/s1. The number of likely N-dealkylation sites (tertiary alicyclic amines) is 1. The molecule has 19 N–H and O–H groups in total. The average molecular weight is 1280 g/mol. The SMILES string of the molecule is CC[C@H](C)[C@H](NC(=O)[C@@H](N)Cc1ccc(O)cc1)C(=O)N[C@H](C(=O)N1CCC[C@H]1C(=O)N[C@@H](Cc1ccc(O)cc1)C(=O)N[C@@H](C)C(=O)N[C@@H](Cc1cnc[nH]1)C(=O)N[C@@H](CC(C)C)C(=O)N[C@@H](C)C(=O)NCC(=O)NCC(=O)N[C@@H](CC(N)=O)C(=O)O)[C@@H](C)O. The molecule has 1 aliphatic rings. The fourth-order valence-corrected chi connectivity index (χ4v) is 9.46. The minimum atomic E-state index is -1.64. The summed E-state index contributed by atoms with van der Waals surface area (Å²) in [4.78, 5) is 180. The highest BCUT2D eigenvalue weighted by molar-refractivity contribution is 5.99. The van der Waals surface area contributed by atoms with Gasteiger partial charge in [-0.2, -0.15) is 0 Å². The van der Waals surface area contributed by atoms with Crippen molar-refractivity contribution in [3.63, 3.8) is 0 Å². The number of nitrogens with two attached hydrogens (primary N) is 2. The summed E-state index contributed by atoms with van der Waals surface area (Å²) in [5, 5.41) is 64.5. The van der Waals surface area contributed by atoms with Crippen molar-refractivity contribution in [3.05, 3.63) is 77.9 Å². The van der Waals surface area contributed by atoms with E-state index in [2.05, 4.69) is 57.8 Å². The van der Waals surface area contributed by atoms with Crippen LogP contribution in [0, 0.1) is 11.8 Å². The molecule has 4 rings (SSSR count). The quantitative estimate of drug-likeness (QED) is 0.0265. The van der Waals surface area contributed by atoms with Gasteiger partial charge in [-0.25, -0.2) is 9.78 Å². The maximum Gasteiger partial charge on any atom is 0.326 e. The van der Waals surface area contributed by atoms with Crippen molar-refractivity contribution >= 4 is 76.9 Å². The number of carboxylic acids is 1. The second-order valence-corrected chi connectivity index (χ2v) is 22.8. The van der Waals surface area contributed by atoms with Crippen molar-refractivity contribution in [3.8, 4) is 11.5 Å². The number of phenols is 2. The first-order valence-corrected chi connectivity index (χ1v) is 29.6. The zero-order valence-electron chi connectivity index (χ0n) is 51.7. The molecule has 1 aliphatic heterocycles. The smallest absolute Gasteiger partial charge is 0.326 e. The molecule has 32 heteroatoms. The zero-order chi connectivity index (χ0) is 67.8. The van der Waals surface area contributed by atoms with E-state index >= 15 is 0 Å². The summed E-state index contributed by atoms with van der Waals surface area (Å²) in [5.41, 5.74) is 12.7. The van der Waals surface area contributed by atoms with Crippen LogP contribution in [0.4, 0.5) is 0 Å². The lowest BCUT2D eigenvalue weighted by Crippen LogP contribution is -2.62. The van der Waals surface area contributed by atoms with Crippen LogP contribution in [0.3, 0.4) is 0 Å². The Hall–Kier alpha value is -9.72. The third-order valence-corrected chi connectivity index (χ3v) is 14.8. The van der Waals surface area contributed by atoms with Gasteiger partial charge in [-0.15, -0.1) is 0 Å². The largest absolute Gasteiger partial charge is 0.508 e. The molecule has 2 aromatic carbocycles. The molecular weight excluding hydrogens is 1190 g/mol. The number of hydrogen-bond acceptors (Lipinski definition) is 18. The highest BCUT2D eigenvalue weighted by atomic mass is 16.4. The number of benzene rings is 2. The molecular formula is C59H85N15O17. The Morgan fingerprint density at radius 2 is 1.15 bits per heavy atom. The maximum atomic E-state index is 14.4. The molecule has 3 aromatic rings. The van der Waals surface area contributed by atoms with Crippen LogP contribution in [-0.4, -0.2) is 198 Å². The number of aromatic amines is 1. The van der Waals surface area contributed by atoms with Gasteiger partial charge in [-0.05, 0) is 93.7 Å². The molecule has 12 atom stereocenters. The molecule has 0 bridgehead atoms. The van der Waals surface area contributed by atoms with Crippen molar-refractivity contribution in [1.29, 1.82) is 0 Å². The summed E-state index contributed by atoms with van der Waals surface area (Å²) in [5.74, 6) is -12.7. The van der Waals surface area contributed by atoms with E-state index in [1.807, 2.05) is 5.32 Å². The van der Waals surface area contributed by atoms with Crippen LogP contribution >= 0.6 is 0 Å². The number of carbonyl (C=O) groups is 13. The second kappa shape index (κ2) is 35.5. The molecule has 2 heterocycles. The van der Waals surface area contributed by atoms with Gasteiger partial charge in [0.25, 0.3) is 0 Å². The van der Waals surface area contributed by atoms with Crippen LogP contribution in [-0.2, 0) is 81.6 Å². The number of hydrogen-bond donors (Lipinski definition) is 17. The Morgan fingerprint density at radius 1 is 0.615 bits per heavy atom. The first-order valence-electron chi connectivity index (χ1n) is 29.6. The molecule has 498 valence electrons. The normalized spacial score (nSPS) is 16.4. The van der Waals surface area contributed by atoms with Crippen molar-refractivity contribution in [2.75, 3.05) is 19.6 Å². The lowest BCUT2D eigenvalue weighted by Gasteiger charge is -2.32. The van der Waals surface area contributed by atoms with Gasteiger partial charge in [0.1, 0.15) is 65.9 Å². The predicted molar refractivity (Wildman–Crippen MR) is 323 cm³/mol. The Bertz CT molecular complexity index is 3040. The lowest BCUT2D eigenvalue weighted by atomic mass is 9.96. The number of rotatable bonds is 35. The fraction of sp³-hybridized carbons (Fsp3) is 0.525. The monoisotopic (exact) mass is 1280 g/mol. The fourth-order valence-electron chi connectivity index (χ4n) is 9.46. The number of nitrogens with zero attached hydrogens (tertiary/aromatic N) is 2. The van der Waals surface area contributed by atoms with Gasteiger partial charge >= 0.3 is 5.97 Å². The Morgan fingerprint density at radius 3 is 1.70 bits per heavy atom. The molecule has 1 saturated heterocycles. The van der Waals surface area contributed by atoms with E-state index in [0.717, 1.165) is 0 Å². The van der Waals surface area contributed by atoms with Crippen LogP contribution in [0.5, 0.6) is 11.5 Å². The van der Waals surface area contributed by atoms with Gasteiger partial charge < -0.3 is 94.9 Å². The number of imidazole rings is 1. The number of aromatic nitrogens is 2.